The number of nitrogens with one attached hydrogen (secondary N) is 1. The van der Waals surface area contributed by atoms with E-state index >= 15 is 0 Å². The van der Waals surface area contributed by atoms with Crippen LogP contribution in [0.4, 0.5) is 0 Å². The molecule has 0 radical (unpaired) electrons. The van der Waals surface area contributed by atoms with Crippen LogP contribution in [0.2, 0.25) is 0 Å². The lowest BCUT2D eigenvalue weighted by atomic mass is 9.88. The molecule has 0 unspecified atom stereocenters. The van der Waals surface area contributed by atoms with Crippen LogP contribution in [0.25, 0.3) is 28.0 Å². The van der Waals surface area contributed by atoms with Gasteiger partial charge in [0.05, 0.1) is 5.69 Å². The van der Waals surface area contributed by atoms with Crippen molar-refractivity contribution in [1.82, 2.24) is 24.7 Å². The summed E-state index contributed by atoms with van der Waals surface area (Å²) in [4.78, 5) is 24.1. The van der Waals surface area contributed by atoms with E-state index in [1.807, 2.05) is 19.2 Å². The van der Waals surface area contributed by atoms with Crippen LogP contribution < -0.4 is 5.76 Å². The lowest BCUT2D eigenvalue weighted by molar-refractivity contribution is 0.385. The Morgan fingerprint density at radius 3 is 2.69 bits per heavy atom. The molecule has 0 fully saturated rings. The molecule has 2 aromatic carbocycles. The molecule has 7 heteroatoms. The van der Waals surface area contributed by atoms with Gasteiger partial charge in [0.1, 0.15) is 11.3 Å². The highest BCUT2D eigenvalue weighted by Crippen LogP contribution is 2.40. The zero-order chi connectivity index (χ0) is 25.0. The van der Waals surface area contributed by atoms with Gasteiger partial charge in [-0.25, -0.2) is 14.8 Å². The number of imidazole rings is 1. The fourth-order valence-electron chi connectivity index (χ4n) is 5.47. The molecule has 5 aromatic rings. The van der Waals surface area contributed by atoms with Crippen molar-refractivity contribution in [1.29, 1.82) is 0 Å². The molecular weight excluding hydrogens is 450 g/mol. The van der Waals surface area contributed by atoms with Crippen LogP contribution >= 0.6 is 0 Å². The van der Waals surface area contributed by atoms with E-state index in [4.69, 9.17) is 14.5 Å². The first-order valence-corrected chi connectivity index (χ1v) is 12.3. The molecule has 180 valence electrons. The van der Waals surface area contributed by atoms with Crippen molar-refractivity contribution in [3.05, 3.63) is 104 Å². The molecule has 1 aliphatic carbocycles. The van der Waals surface area contributed by atoms with Crippen LogP contribution in [0, 0.1) is 13.8 Å². The first kappa shape index (κ1) is 22.2. The monoisotopic (exact) mass is 477 g/mol. The van der Waals surface area contributed by atoms with Gasteiger partial charge in [0.2, 0.25) is 0 Å². The normalized spacial score (nSPS) is 14.4. The molecule has 0 saturated carbocycles. The Labute approximate surface area is 208 Å². The van der Waals surface area contributed by atoms with Gasteiger partial charge >= 0.3 is 5.76 Å². The number of aromatic nitrogens is 5. The van der Waals surface area contributed by atoms with Crippen molar-refractivity contribution < 1.29 is 4.52 Å². The van der Waals surface area contributed by atoms with Gasteiger partial charge in [0.25, 0.3) is 0 Å². The van der Waals surface area contributed by atoms with Gasteiger partial charge in [0, 0.05) is 18.2 Å². The number of H-pyrrole nitrogens is 1. The van der Waals surface area contributed by atoms with E-state index in [9.17, 15) is 4.79 Å². The minimum absolute atomic E-state index is 0.452. The number of fused-ring (bicyclic) bond motifs is 3. The number of nitrogens with zero attached hydrogens (tertiary/aromatic N) is 4. The van der Waals surface area contributed by atoms with Gasteiger partial charge in [-0.2, -0.15) is 0 Å². The second-order valence-corrected chi connectivity index (χ2v) is 9.35. The molecule has 3 heterocycles. The molecule has 6 rings (SSSR count). The van der Waals surface area contributed by atoms with Crippen LogP contribution in [0.5, 0.6) is 0 Å². The van der Waals surface area contributed by atoms with Gasteiger partial charge in [0.15, 0.2) is 11.5 Å². The van der Waals surface area contributed by atoms with Gasteiger partial charge in [-0.15, -0.1) is 0 Å². The van der Waals surface area contributed by atoms with E-state index in [2.05, 4.69) is 71.9 Å². The standard InChI is InChI=1S/C29H27N5O2/c1-5-24-31-26-16(2)14-15-30-28(26)34(24)23-13-12-22-20(17(23)3)11-10-19-8-6-7-9-21(19)25(22)18(4)27-32-29(35)36-33-27/h6-9,12-15H,5,10-11H2,1-4H3,(H,32,33,35)/b25-18+. The van der Waals surface area contributed by atoms with Crippen molar-refractivity contribution in [2.45, 2.75) is 47.0 Å². The predicted molar refractivity (Wildman–Crippen MR) is 140 cm³/mol. The fraction of sp³-hybridized carbons (Fsp3) is 0.241. The Morgan fingerprint density at radius 1 is 1.08 bits per heavy atom. The third kappa shape index (κ3) is 3.34. The number of aromatic amines is 1. The third-order valence-electron chi connectivity index (χ3n) is 7.32. The van der Waals surface area contributed by atoms with Crippen LogP contribution in [-0.2, 0) is 19.3 Å². The van der Waals surface area contributed by atoms with Crippen LogP contribution in [0.1, 0.15) is 58.9 Å². The quantitative estimate of drug-likeness (QED) is 0.378. The Kier molecular flexibility index (Phi) is 5.21. The minimum atomic E-state index is -0.555. The van der Waals surface area contributed by atoms with Crippen molar-refractivity contribution in [2.75, 3.05) is 0 Å². The minimum Gasteiger partial charge on any atom is -0.296 e. The van der Waals surface area contributed by atoms with E-state index in [1.165, 1.54) is 16.7 Å². The molecule has 0 amide bonds. The first-order valence-electron chi connectivity index (χ1n) is 12.3. The first-order chi connectivity index (χ1) is 17.5. The Bertz CT molecular complexity index is 1730. The molecule has 0 saturated heterocycles. The zero-order valence-electron chi connectivity index (χ0n) is 20.8. The lowest BCUT2D eigenvalue weighted by Gasteiger charge is -2.19. The number of pyridine rings is 1. The molecule has 3 aromatic heterocycles. The maximum atomic E-state index is 11.7. The summed E-state index contributed by atoms with van der Waals surface area (Å²) in [6.07, 6.45) is 4.48. The molecule has 0 bridgehead atoms. The van der Waals surface area contributed by atoms with Gasteiger partial charge < -0.3 is 0 Å². The summed E-state index contributed by atoms with van der Waals surface area (Å²) < 4.78 is 7.05. The Morgan fingerprint density at radius 2 is 1.92 bits per heavy atom. The number of benzene rings is 2. The molecule has 0 spiro atoms. The highest BCUT2D eigenvalue weighted by Gasteiger charge is 2.25. The SMILES string of the molecule is CCc1nc2c(C)ccnc2n1-c1ccc2c(c1C)CCc1ccccc1/C2=C(/C)c1noc(=O)[nH]1. The number of allylic oxidation sites excluding steroid dienone is 1. The maximum absolute atomic E-state index is 11.7. The molecule has 1 aliphatic rings. The molecule has 0 aliphatic heterocycles. The van der Waals surface area contributed by atoms with Crippen LogP contribution in [0.3, 0.4) is 0 Å². The summed E-state index contributed by atoms with van der Waals surface area (Å²) >= 11 is 0. The third-order valence-corrected chi connectivity index (χ3v) is 7.32. The summed E-state index contributed by atoms with van der Waals surface area (Å²) in [6, 6.07) is 14.8. The molecule has 1 N–H and O–H groups in total. The number of hydrogen-bond acceptors (Lipinski definition) is 5. The highest BCUT2D eigenvalue weighted by molar-refractivity contribution is 5.99. The summed E-state index contributed by atoms with van der Waals surface area (Å²) in [5.74, 6) is 0.896. The van der Waals surface area contributed by atoms with Crippen molar-refractivity contribution >= 4 is 22.3 Å². The second kappa shape index (κ2) is 8.45. The molecular formula is C29H27N5O2. The van der Waals surface area contributed by atoms with E-state index < -0.39 is 5.76 Å². The Hall–Kier alpha value is -4.26. The Balaban J connectivity index is 1.64. The summed E-state index contributed by atoms with van der Waals surface area (Å²) in [7, 11) is 0. The van der Waals surface area contributed by atoms with E-state index in [1.54, 1.807) is 0 Å². The molecule has 7 nitrogen and oxygen atoms in total. The van der Waals surface area contributed by atoms with Gasteiger partial charge in [-0.3, -0.25) is 14.1 Å². The average molecular weight is 478 g/mol. The average Bonchev–Trinajstić information content (AvgIpc) is 3.44. The van der Waals surface area contributed by atoms with E-state index in [-0.39, 0.29) is 0 Å². The molecule has 0 atom stereocenters. The summed E-state index contributed by atoms with van der Waals surface area (Å²) in [5.41, 5.74) is 12.1. The van der Waals surface area contributed by atoms with Crippen molar-refractivity contribution in [3.63, 3.8) is 0 Å². The van der Waals surface area contributed by atoms with Gasteiger partial charge in [-0.1, -0.05) is 42.4 Å². The van der Waals surface area contributed by atoms with Gasteiger partial charge in [-0.05, 0) is 84.7 Å². The lowest BCUT2D eigenvalue weighted by Crippen LogP contribution is -2.07. The van der Waals surface area contributed by atoms with Crippen LogP contribution in [-0.4, -0.2) is 24.7 Å². The number of rotatable bonds is 3. The maximum Gasteiger partial charge on any atom is 0.439 e. The number of aryl methyl sites for hydroxylation is 3. The van der Waals surface area contributed by atoms with Crippen molar-refractivity contribution in [2.24, 2.45) is 0 Å². The summed E-state index contributed by atoms with van der Waals surface area (Å²) in [6.45, 7) is 8.39. The number of hydrogen-bond donors (Lipinski definition) is 1. The molecule has 36 heavy (non-hydrogen) atoms. The second-order valence-electron chi connectivity index (χ2n) is 9.35. The zero-order valence-corrected chi connectivity index (χ0v) is 20.8. The van der Waals surface area contributed by atoms with E-state index in [0.717, 1.165) is 69.8 Å². The predicted octanol–water partition coefficient (Wildman–Crippen LogP) is 5.35. The largest absolute Gasteiger partial charge is 0.439 e. The summed E-state index contributed by atoms with van der Waals surface area (Å²) in [5, 5.41) is 3.99. The van der Waals surface area contributed by atoms with E-state index in [0.29, 0.717) is 5.82 Å². The highest BCUT2D eigenvalue weighted by atomic mass is 16.5. The smallest absolute Gasteiger partial charge is 0.296 e. The fourth-order valence-corrected chi connectivity index (χ4v) is 5.47. The van der Waals surface area contributed by atoms with Crippen molar-refractivity contribution in [3.8, 4) is 5.69 Å². The topological polar surface area (TPSA) is 89.6 Å². The van der Waals surface area contributed by atoms with Crippen LogP contribution in [0.15, 0.2) is 58.0 Å².